The largest absolute Gasteiger partial charge is 0.493 e. The predicted molar refractivity (Wildman–Crippen MR) is 152 cm³/mol. The first kappa shape index (κ1) is 29.4. The lowest BCUT2D eigenvalue weighted by atomic mass is 10.0. The van der Waals surface area contributed by atoms with Crippen molar-refractivity contribution in [1.82, 2.24) is 15.8 Å². The molecular weight excluding hydrogens is 520 g/mol. The van der Waals surface area contributed by atoms with Crippen LogP contribution in [0.1, 0.15) is 40.0 Å². The van der Waals surface area contributed by atoms with Gasteiger partial charge in [-0.05, 0) is 75.1 Å². The number of ether oxygens (including phenoxy) is 2. The van der Waals surface area contributed by atoms with Crippen molar-refractivity contribution in [1.29, 1.82) is 5.41 Å². The number of amidine groups is 1. The van der Waals surface area contributed by atoms with E-state index in [0.29, 0.717) is 53.1 Å². The molecule has 0 aromatic heterocycles. The van der Waals surface area contributed by atoms with E-state index in [0.717, 1.165) is 5.56 Å². The van der Waals surface area contributed by atoms with E-state index in [-0.39, 0.29) is 5.84 Å². The van der Waals surface area contributed by atoms with Gasteiger partial charge in [0.25, 0.3) is 11.8 Å². The van der Waals surface area contributed by atoms with Crippen LogP contribution in [0, 0.1) is 5.41 Å². The fourth-order valence-electron chi connectivity index (χ4n) is 3.60. The van der Waals surface area contributed by atoms with Gasteiger partial charge in [-0.15, -0.1) is 0 Å². The highest BCUT2D eigenvalue weighted by Crippen LogP contribution is 2.28. The third-order valence-electron chi connectivity index (χ3n) is 5.49. The van der Waals surface area contributed by atoms with Crippen LogP contribution in [-0.4, -0.2) is 50.0 Å². The van der Waals surface area contributed by atoms with Crippen LogP contribution in [0.2, 0.25) is 5.02 Å². The van der Waals surface area contributed by atoms with Gasteiger partial charge in [0, 0.05) is 27.4 Å². The Morgan fingerprint density at radius 3 is 2.41 bits per heavy atom. The van der Waals surface area contributed by atoms with Gasteiger partial charge in [0.05, 0.1) is 19.9 Å². The van der Waals surface area contributed by atoms with E-state index >= 15 is 0 Å². The lowest BCUT2D eigenvalue weighted by Crippen LogP contribution is -2.45. The summed E-state index contributed by atoms with van der Waals surface area (Å²) < 4.78 is 11.6. The molecule has 2 amide bonds. The first-order valence-corrected chi connectivity index (χ1v) is 12.6. The molecular formula is C28H33ClN6O4. The highest BCUT2D eigenvalue weighted by Gasteiger charge is 2.23. The molecule has 0 aliphatic carbocycles. The number of nitrogens with zero attached hydrogens (tertiary/aromatic N) is 1. The van der Waals surface area contributed by atoms with Gasteiger partial charge in [-0.25, -0.2) is 0 Å². The standard InChI is InChI=1S/C28H33ClN6O4/c1-4-39-24-15-19(8-9-21(24)16-38-17-35(2)3)25(32-23-12-10-18(11-13-23)26(30)31)28(37)34-33-27(36)20-6-5-7-22(29)14-20/h5-15,25,32H,4,16-17H2,1-3H3,(H3,30,31)(H,33,36)(H,34,37). The van der Waals surface area contributed by atoms with E-state index in [4.69, 9.17) is 32.2 Å². The van der Waals surface area contributed by atoms with Crippen LogP contribution < -0.4 is 26.6 Å². The summed E-state index contributed by atoms with van der Waals surface area (Å²) in [5.41, 5.74) is 13.4. The van der Waals surface area contributed by atoms with E-state index in [2.05, 4.69) is 16.2 Å². The van der Waals surface area contributed by atoms with Crippen LogP contribution >= 0.6 is 11.6 Å². The van der Waals surface area contributed by atoms with Gasteiger partial charge in [-0.1, -0.05) is 29.8 Å². The number of halogens is 1. The molecule has 3 aromatic rings. The van der Waals surface area contributed by atoms with E-state index in [1.807, 2.05) is 32.0 Å². The number of hydrogen-bond acceptors (Lipinski definition) is 7. The Balaban J connectivity index is 1.86. The number of hydrazine groups is 1. The summed E-state index contributed by atoms with van der Waals surface area (Å²) in [6.45, 7) is 3.08. The second kappa shape index (κ2) is 14.1. The van der Waals surface area contributed by atoms with Gasteiger partial charge in [0.2, 0.25) is 0 Å². The second-order valence-electron chi connectivity index (χ2n) is 8.88. The van der Waals surface area contributed by atoms with Crippen molar-refractivity contribution in [2.75, 3.05) is 32.7 Å². The van der Waals surface area contributed by atoms with E-state index < -0.39 is 17.9 Å². The third kappa shape index (κ3) is 8.71. The van der Waals surface area contributed by atoms with Crippen LogP contribution in [0.25, 0.3) is 0 Å². The molecule has 0 saturated carbocycles. The van der Waals surface area contributed by atoms with Crippen molar-refractivity contribution in [3.05, 3.63) is 94.0 Å². The molecule has 1 unspecified atom stereocenters. The molecule has 0 aliphatic heterocycles. The number of nitrogens with two attached hydrogens (primary N) is 1. The number of hydrogen-bond donors (Lipinski definition) is 5. The molecule has 206 valence electrons. The average Bonchev–Trinajstić information content (AvgIpc) is 2.91. The monoisotopic (exact) mass is 552 g/mol. The maximum atomic E-state index is 13.4. The Kier molecular flexibility index (Phi) is 10.7. The molecule has 0 heterocycles. The zero-order valence-corrected chi connectivity index (χ0v) is 22.8. The topological polar surface area (TPSA) is 142 Å². The summed E-state index contributed by atoms with van der Waals surface area (Å²) in [5, 5.41) is 11.2. The van der Waals surface area contributed by atoms with Crippen molar-refractivity contribution in [2.24, 2.45) is 5.73 Å². The molecule has 0 fully saturated rings. The highest BCUT2D eigenvalue weighted by atomic mass is 35.5. The lowest BCUT2D eigenvalue weighted by Gasteiger charge is -2.22. The fourth-order valence-corrected chi connectivity index (χ4v) is 3.79. The first-order valence-electron chi connectivity index (χ1n) is 12.2. The fraction of sp³-hybridized carbons (Fsp3) is 0.250. The van der Waals surface area contributed by atoms with Gasteiger partial charge < -0.3 is 20.5 Å². The molecule has 0 saturated heterocycles. The molecule has 0 radical (unpaired) electrons. The molecule has 39 heavy (non-hydrogen) atoms. The maximum absolute atomic E-state index is 13.4. The van der Waals surface area contributed by atoms with Crippen LogP contribution in [-0.2, 0) is 16.1 Å². The first-order chi connectivity index (χ1) is 18.7. The Bertz CT molecular complexity index is 1300. The van der Waals surface area contributed by atoms with Crippen LogP contribution in [0.3, 0.4) is 0 Å². The second-order valence-corrected chi connectivity index (χ2v) is 9.32. The van der Waals surface area contributed by atoms with Gasteiger partial charge in [-0.3, -0.25) is 30.7 Å². The quantitative estimate of drug-likeness (QED) is 0.0998. The zero-order valence-electron chi connectivity index (χ0n) is 22.1. The highest BCUT2D eigenvalue weighted by molar-refractivity contribution is 6.31. The number of anilines is 1. The van der Waals surface area contributed by atoms with E-state index in [1.165, 1.54) is 6.07 Å². The Labute approximate surface area is 232 Å². The summed E-state index contributed by atoms with van der Waals surface area (Å²) in [7, 11) is 3.82. The summed E-state index contributed by atoms with van der Waals surface area (Å²) in [6.07, 6.45) is 0. The maximum Gasteiger partial charge on any atom is 0.269 e. The number of nitrogens with one attached hydrogen (secondary N) is 4. The van der Waals surface area contributed by atoms with Crippen molar-refractivity contribution in [3.63, 3.8) is 0 Å². The van der Waals surface area contributed by atoms with E-state index in [1.54, 1.807) is 54.6 Å². The SMILES string of the molecule is CCOc1cc(C(Nc2ccc(C(=N)N)cc2)C(=O)NNC(=O)c2cccc(Cl)c2)ccc1COCN(C)C. The molecule has 3 aromatic carbocycles. The lowest BCUT2D eigenvalue weighted by molar-refractivity contribution is -0.122. The Morgan fingerprint density at radius 1 is 1.03 bits per heavy atom. The minimum atomic E-state index is -0.913. The minimum absolute atomic E-state index is 0.0620. The minimum Gasteiger partial charge on any atom is -0.493 e. The molecule has 1 atom stereocenters. The number of carbonyl (C=O) groups excluding carboxylic acids is 2. The van der Waals surface area contributed by atoms with Crippen LogP contribution in [0.15, 0.2) is 66.7 Å². The van der Waals surface area contributed by atoms with Crippen molar-refractivity contribution in [3.8, 4) is 5.75 Å². The zero-order chi connectivity index (χ0) is 28.4. The third-order valence-corrected chi connectivity index (χ3v) is 5.72. The van der Waals surface area contributed by atoms with Gasteiger partial charge >= 0.3 is 0 Å². The van der Waals surface area contributed by atoms with Crippen LogP contribution in [0.4, 0.5) is 5.69 Å². The Hall–Kier alpha value is -4.12. The van der Waals surface area contributed by atoms with Crippen molar-refractivity contribution < 1.29 is 19.1 Å². The number of amides is 2. The normalized spacial score (nSPS) is 11.5. The smallest absolute Gasteiger partial charge is 0.269 e. The number of benzene rings is 3. The number of nitrogen functional groups attached to an aromatic ring is 1. The van der Waals surface area contributed by atoms with Crippen molar-refractivity contribution >= 4 is 34.9 Å². The molecule has 0 aliphatic rings. The molecule has 11 heteroatoms. The van der Waals surface area contributed by atoms with Crippen molar-refractivity contribution in [2.45, 2.75) is 19.6 Å². The molecule has 3 rings (SSSR count). The molecule has 6 N–H and O–H groups in total. The predicted octanol–water partition coefficient (Wildman–Crippen LogP) is 3.67. The summed E-state index contributed by atoms with van der Waals surface area (Å²) in [4.78, 5) is 27.9. The Morgan fingerprint density at radius 2 is 1.77 bits per heavy atom. The van der Waals surface area contributed by atoms with Gasteiger partial charge in [0.1, 0.15) is 17.6 Å². The summed E-state index contributed by atoms with van der Waals surface area (Å²) >= 11 is 5.98. The summed E-state index contributed by atoms with van der Waals surface area (Å²) in [5.74, 6) is -0.505. The molecule has 10 nitrogen and oxygen atoms in total. The number of rotatable bonds is 12. The average molecular weight is 553 g/mol. The number of carbonyl (C=O) groups is 2. The molecule has 0 bridgehead atoms. The van der Waals surface area contributed by atoms with E-state index in [9.17, 15) is 9.59 Å². The van der Waals surface area contributed by atoms with Gasteiger partial charge in [0.15, 0.2) is 0 Å². The molecule has 0 spiro atoms. The van der Waals surface area contributed by atoms with Gasteiger partial charge in [-0.2, -0.15) is 0 Å². The summed E-state index contributed by atoms with van der Waals surface area (Å²) in [6, 6.07) is 17.7. The van der Waals surface area contributed by atoms with Crippen LogP contribution in [0.5, 0.6) is 5.75 Å².